The number of hydrogen-bond acceptors (Lipinski definition) is 8. The quantitative estimate of drug-likeness (QED) is 0.642. The second-order valence-electron chi connectivity index (χ2n) is 8.91. The molecule has 2 saturated heterocycles. The van der Waals surface area contributed by atoms with Crippen LogP contribution in [0.1, 0.15) is 12.0 Å². The number of halogens is 1. The molecule has 0 aliphatic carbocycles. The van der Waals surface area contributed by atoms with Gasteiger partial charge in [0.25, 0.3) is 0 Å². The van der Waals surface area contributed by atoms with Crippen LogP contribution in [0.2, 0.25) is 5.02 Å². The first-order valence-electron chi connectivity index (χ1n) is 11.8. The Balaban J connectivity index is 1.26. The molecule has 3 aliphatic rings. The van der Waals surface area contributed by atoms with E-state index in [4.69, 9.17) is 31.5 Å². The van der Waals surface area contributed by atoms with Crippen LogP contribution in [0, 0.1) is 0 Å². The number of likely N-dealkylation sites (tertiary alicyclic amines) is 1. The maximum absolute atomic E-state index is 11.1. The van der Waals surface area contributed by atoms with Crippen LogP contribution < -0.4 is 10.5 Å². The molecule has 2 fully saturated rings. The molecule has 3 atom stereocenters. The highest BCUT2D eigenvalue weighted by Gasteiger charge is 2.36. The highest BCUT2D eigenvalue weighted by atomic mass is 35.5. The minimum absolute atomic E-state index is 0.0244. The number of β-amino-alcohol motifs (C(OH)–C–C–N with tert-alkyl or cyclic N) is 1. The number of nitrogens with two attached hydrogens (primary N) is 1. The fourth-order valence-corrected chi connectivity index (χ4v) is 5.33. The number of piperidine rings is 1. The molecule has 5 rings (SSSR count). The predicted molar refractivity (Wildman–Crippen MR) is 131 cm³/mol. The van der Waals surface area contributed by atoms with E-state index < -0.39 is 6.10 Å². The average Bonchev–Trinajstić information content (AvgIpc) is 2.87. The molecule has 9 heteroatoms. The van der Waals surface area contributed by atoms with Crippen LogP contribution in [-0.2, 0) is 15.9 Å². The van der Waals surface area contributed by atoms with Gasteiger partial charge in [0, 0.05) is 44.0 Å². The minimum atomic E-state index is -0.510. The number of benzene rings is 1. The van der Waals surface area contributed by atoms with Crippen molar-refractivity contribution in [3.05, 3.63) is 58.8 Å². The van der Waals surface area contributed by atoms with Gasteiger partial charge in [-0.05, 0) is 42.7 Å². The third-order valence-corrected chi connectivity index (χ3v) is 7.23. The fraction of sp³-hybridized carbons (Fsp3) is 0.480. The SMILES string of the molecule is COc1ccc2ncc(Cl)c(CCN3CCC(N4C=C5OCCOC5=CC4CN)C(O)C3)c2c1. The van der Waals surface area contributed by atoms with E-state index in [-0.39, 0.29) is 12.1 Å². The zero-order valence-electron chi connectivity index (χ0n) is 19.3. The van der Waals surface area contributed by atoms with Crippen LogP contribution in [0.3, 0.4) is 0 Å². The van der Waals surface area contributed by atoms with Gasteiger partial charge < -0.3 is 34.9 Å². The summed E-state index contributed by atoms with van der Waals surface area (Å²) < 4.78 is 16.9. The van der Waals surface area contributed by atoms with Gasteiger partial charge in [0.15, 0.2) is 11.5 Å². The van der Waals surface area contributed by atoms with E-state index in [1.54, 1.807) is 13.3 Å². The lowest BCUT2D eigenvalue weighted by atomic mass is 9.96. The van der Waals surface area contributed by atoms with Crippen molar-refractivity contribution in [3.8, 4) is 5.75 Å². The van der Waals surface area contributed by atoms with Crippen LogP contribution in [0.25, 0.3) is 10.9 Å². The summed E-state index contributed by atoms with van der Waals surface area (Å²) in [5.41, 5.74) is 8.01. The molecule has 182 valence electrons. The van der Waals surface area contributed by atoms with E-state index in [0.29, 0.717) is 31.3 Å². The van der Waals surface area contributed by atoms with E-state index in [2.05, 4.69) is 14.8 Å². The average molecular weight is 487 g/mol. The molecule has 3 N–H and O–H groups in total. The first-order valence-corrected chi connectivity index (χ1v) is 12.1. The maximum Gasteiger partial charge on any atom is 0.176 e. The highest BCUT2D eigenvalue weighted by Crippen LogP contribution is 2.31. The molecule has 0 spiro atoms. The minimum Gasteiger partial charge on any atom is -0.497 e. The number of aliphatic hydroxyl groups excluding tert-OH is 1. The van der Waals surface area contributed by atoms with Gasteiger partial charge in [-0.15, -0.1) is 0 Å². The molecule has 2 aromatic rings. The highest BCUT2D eigenvalue weighted by molar-refractivity contribution is 6.32. The normalized spacial score (nSPS) is 25.2. The van der Waals surface area contributed by atoms with Crippen molar-refractivity contribution in [1.29, 1.82) is 0 Å². The Morgan fingerprint density at radius 3 is 2.85 bits per heavy atom. The zero-order valence-corrected chi connectivity index (χ0v) is 20.1. The van der Waals surface area contributed by atoms with Gasteiger partial charge in [0.2, 0.25) is 0 Å². The molecule has 1 aromatic heterocycles. The van der Waals surface area contributed by atoms with Crippen molar-refractivity contribution in [2.45, 2.75) is 31.0 Å². The number of aliphatic hydroxyl groups is 1. The van der Waals surface area contributed by atoms with Crippen LogP contribution in [-0.4, -0.2) is 84.6 Å². The zero-order chi connectivity index (χ0) is 23.7. The number of pyridine rings is 1. The molecule has 8 nitrogen and oxygen atoms in total. The Bertz CT molecular complexity index is 1110. The molecule has 0 bridgehead atoms. The third kappa shape index (κ3) is 4.55. The summed E-state index contributed by atoms with van der Waals surface area (Å²) in [6.07, 6.45) is 6.76. The smallest absolute Gasteiger partial charge is 0.176 e. The van der Waals surface area contributed by atoms with Crippen molar-refractivity contribution in [2.75, 3.05) is 46.5 Å². The predicted octanol–water partition coefficient (Wildman–Crippen LogP) is 2.29. The number of ether oxygens (including phenoxy) is 3. The molecule has 0 saturated carbocycles. The first kappa shape index (κ1) is 23.2. The fourth-order valence-electron chi connectivity index (χ4n) is 5.09. The van der Waals surface area contributed by atoms with Gasteiger partial charge in [-0.25, -0.2) is 0 Å². The molecular weight excluding hydrogens is 456 g/mol. The van der Waals surface area contributed by atoms with Crippen molar-refractivity contribution >= 4 is 22.5 Å². The Hall–Kier alpha value is -2.52. The Morgan fingerprint density at radius 1 is 1.26 bits per heavy atom. The van der Waals surface area contributed by atoms with Crippen LogP contribution in [0.5, 0.6) is 5.75 Å². The lowest BCUT2D eigenvalue weighted by Crippen LogP contribution is -2.57. The lowest BCUT2D eigenvalue weighted by Gasteiger charge is -2.45. The molecule has 4 heterocycles. The molecule has 1 aromatic carbocycles. The van der Waals surface area contributed by atoms with Gasteiger partial charge in [0.05, 0.1) is 35.8 Å². The Labute approximate surface area is 204 Å². The van der Waals surface area contributed by atoms with Gasteiger partial charge in [0.1, 0.15) is 19.0 Å². The lowest BCUT2D eigenvalue weighted by molar-refractivity contribution is -0.0123. The molecule has 0 amide bonds. The summed E-state index contributed by atoms with van der Waals surface area (Å²) in [6.45, 7) is 3.77. The largest absolute Gasteiger partial charge is 0.497 e. The van der Waals surface area contributed by atoms with Gasteiger partial charge >= 0.3 is 0 Å². The maximum atomic E-state index is 11.1. The Morgan fingerprint density at radius 2 is 2.09 bits per heavy atom. The molecular formula is C25H31ClN4O4. The number of rotatable bonds is 6. The van der Waals surface area contributed by atoms with Gasteiger partial charge in [-0.1, -0.05) is 11.6 Å². The van der Waals surface area contributed by atoms with E-state index in [1.165, 1.54) is 0 Å². The van der Waals surface area contributed by atoms with Crippen molar-refractivity contribution in [2.24, 2.45) is 5.73 Å². The standard InChI is InChI=1S/C25H31ClN4O4/c1-32-17-2-3-21-19(11-17)18(20(26)13-28-21)4-6-29-7-5-22(23(31)14-29)30-15-25-24(10-16(30)12-27)33-8-9-34-25/h2-3,10-11,13,15-16,22-23,31H,4-9,12,14,27H2,1H3. The summed E-state index contributed by atoms with van der Waals surface area (Å²) in [7, 11) is 1.65. The third-order valence-electron chi connectivity index (χ3n) is 6.90. The number of fused-ring (bicyclic) bond motifs is 2. The second-order valence-corrected chi connectivity index (χ2v) is 9.32. The first-order chi connectivity index (χ1) is 16.6. The van der Waals surface area contributed by atoms with E-state index in [9.17, 15) is 5.11 Å². The number of nitrogens with zero attached hydrogens (tertiary/aromatic N) is 3. The number of hydrogen-bond donors (Lipinski definition) is 2. The topological polar surface area (TPSA) is 93.3 Å². The summed E-state index contributed by atoms with van der Waals surface area (Å²) in [6, 6.07) is 5.78. The summed E-state index contributed by atoms with van der Waals surface area (Å²) in [4.78, 5) is 8.88. The number of aromatic nitrogens is 1. The summed E-state index contributed by atoms with van der Waals surface area (Å²) in [5, 5.41) is 12.8. The Kier molecular flexibility index (Phi) is 6.83. The van der Waals surface area contributed by atoms with E-state index in [0.717, 1.165) is 59.7 Å². The summed E-state index contributed by atoms with van der Waals surface area (Å²) in [5.74, 6) is 2.26. The van der Waals surface area contributed by atoms with Crippen molar-refractivity contribution in [1.82, 2.24) is 14.8 Å². The van der Waals surface area contributed by atoms with E-state index >= 15 is 0 Å². The van der Waals surface area contributed by atoms with Crippen molar-refractivity contribution in [3.63, 3.8) is 0 Å². The molecule has 34 heavy (non-hydrogen) atoms. The van der Waals surface area contributed by atoms with E-state index in [1.807, 2.05) is 30.5 Å². The monoisotopic (exact) mass is 486 g/mol. The molecule has 3 aliphatic heterocycles. The van der Waals surface area contributed by atoms with Gasteiger partial charge in [-0.2, -0.15) is 0 Å². The number of methoxy groups -OCH3 is 1. The van der Waals surface area contributed by atoms with Crippen molar-refractivity contribution < 1.29 is 19.3 Å². The molecule has 0 radical (unpaired) electrons. The van der Waals surface area contributed by atoms with Crippen LogP contribution in [0.15, 0.2) is 48.2 Å². The van der Waals surface area contributed by atoms with Crippen LogP contribution in [0.4, 0.5) is 0 Å². The molecule has 3 unspecified atom stereocenters. The summed E-state index contributed by atoms with van der Waals surface area (Å²) >= 11 is 6.53. The second kappa shape index (κ2) is 10.00. The van der Waals surface area contributed by atoms with Crippen LogP contribution >= 0.6 is 11.6 Å². The van der Waals surface area contributed by atoms with Gasteiger partial charge in [-0.3, -0.25) is 4.98 Å².